The normalized spacial score (nSPS) is 10.2. The summed E-state index contributed by atoms with van der Waals surface area (Å²) in [4.78, 5) is 0. The number of hydrogen-bond acceptors (Lipinski definition) is 1. The summed E-state index contributed by atoms with van der Waals surface area (Å²) in [5, 5.41) is 0. The second-order valence-electron chi connectivity index (χ2n) is 6.35. The number of rotatable bonds is 5. The standard InChI is InChI=1S/C25H23FO/c1-3-5-19-8-13-22(14-9-19)24-17-12-21(18-25(24)26)7-6-20-10-15-23(16-11-20)27-4-2/h8-18H,3-5H2,1-2H3. The Hall–Kier alpha value is -3.05. The highest BCUT2D eigenvalue weighted by Crippen LogP contribution is 2.24. The van der Waals surface area contributed by atoms with Gasteiger partial charge in [0.05, 0.1) is 6.61 Å². The molecule has 0 aliphatic rings. The minimum atomic E-state index is -0.253. The van der Waals surface area contributed by atoms with Crippen LogP contribution in [0.1, 0.15) is 37.0 Å². The van der Waals surface area contributed by atoms with Crippen molar-refractivity contribution in [3.8, 4) is 28.7 Å². The quantitative estimate of drug-likeness (QED) is 0.490. The molecule has 0 saturated heterocycles. The summed E-state index contributed by atoms with van der Waals surface area (Å²) >= 11 is 0. The highest BCUT2D eigenvalue weighted by Gasteiger charge is 2.05. The van der Waals surface area contributed by atoms with Crippen LogP contribution in [0.3, 0.4) is 0 Å². The van der Waals surface area contributed by atoms with E-state index < -0.39 is 0 Å². The molecular weight excluding hydrogens is 335 g/mol. The zero-order valence-corrected chi connectivity index (χ0v) is 15.8. The van der Waals surface area contributed by atoms with Crippen molar-refractivity contribution in [1.29, 1.82) is 0 Å². The molecule has 0 bridgehead atoms. The van der Waals surface area contributed by atoms with Gasteiger partial charge >= 0.3 is 0 Å². The summed E-state index contributed by atoms with van der Waals surface area (Å²) in [7, 11) is 0. The van der Waals surface area contributed by atoms with Gasteiger partial charge in [-0.15, -0.1) is 0 Å². The smallest absolute Gasteiger partial charge is 0.132 e. The average molecular weight is 358 g/mol. The fraction of sp³-hybridized carbons (Fsp3) is 0.200. The molecule has 3 aromatic rings. The van der Waals surface area contributed by atoms with Crippen molar-refractivity contribution >= 4 is 0 Å². The second-order valence-corrected chi connectivity index (χ2v) is 6.35. The highest BCUT2D eigenvalue weighted by atomic mass is 19.1. The highest BCUT2D eigenvalue weighted by molar-refractivity contribution is 5.65. The predicted octanol–water partition coefficient (Wildman–Crippen LogP) is 6.24. The lowest BCUT2D eigenvalue weighted by atomic mass is 10.0. The molecule has 0 aliphatic carbocycles. The van der Waals surface area contributed by atoms with Gasteiger partial charge in [0.15, 0.2) is 0 Å². The van der Waals surface area contributed by atoms with Gasteiger partial charge < -0.3 is 4.74 Å². The predicted molar refractivity (Wildman–Crippen MR) is 109 cm³/mol. The Bertz CT molecular complexity index is 944. The first-order chi connectivity index (χ1) is 13.2. The summed E-state index contributed by atoms with van der Waals surface area (Å²) in [6.07, 6.45) is 2.15. The van der Waals surface area contributed by atoms with Gasteiger partial charge in [-0.3, -0.25) is 0 Å². The monoisotopic (exact) mass is 358 g/mol. The molecule has 0 aliphatic heterocycles. The molecule has 1 nitrogen and oxygen atoms in total. The Balaban J connectivity index is 1.77. The van der Waals surface area contributed by atoms with Gasteiger partial charge in [0.1, 0.15) is 11.6 Å². The lowest BCUT2D eigenvalue weighted by Crippen LogP contribution is -1.90. The Morgan fingerprint density at radius 2 is 1.48 bits per heavy atom. The van der Waals surface area contributed by atoms with E-state index >= 15 is 0 Å². The van der Waals surface area contributed by atoms with Gasteiger partial charge in [0.2, 0.25) is 0 Å². The van der Waals surface area contributed by atoms with Crippen LogP contribution in [0.5, 0.6) is 5.75 Å². The fourth-order valence-electron chi connectivity index (χ4n) is 2.91. The van der Waals surface area contributed by atoms with Crippen molar-refractivity contribution < 1.29 is 9.13 Å². The summed E-state index contributed by atoms with van der Waals surface area (Å²) in [6.45, 7) is 4.74. The van der Waals surface area contributed by atoms with E-state index in [-0.39, 0.29) is 5.82 Å². The molecule has 0 unspecified atom stereocenters. The number of benzene rings is 3. The van der Waals surface area contributed by atoms with Crippen molar-refractivity contribution in [3.05, 3.63) is 89.2 Å². The zero-order valence-electron chi connectivity index (χ0n) is 15.8. The van der Waals surface area contributed by atoms with Gasteiger partial charge in [0.25, 0.3) is 0 Å². The molecule has 3 aromatic carbocycles. The van der Waals surface area contributed by atoms with Crippen LogP contribution in [0.4, 0.5) is 4.39 Å². The van der Waals surface area contributed by atoms with Crippen LogP contribution in [-0.4, -0.2) is 6.61 Å². The summed E-state index contributed by atoms with van der Waals surface area (Å²) < 4.78 is 20.0. The number of ether oxygens (including phenoxy) is 1. The van der Waals surface area contributed by atoms with E-state index in [4.69, 9.17) is 4.74 Å². The molecule has 0 amide bonds. The maximum absolute atomic E-state index is 14.6. The Morgan fingerprint density at radius 1 is 0.815 bits per heavy atom. The summed E-state index contributed by atoms with van der Waals surface area (Å²) in [5.74, 6) is 6.66. The molecule has 0 atom stereocenters. The van der Waals surface area contributed by atoms with Gasteiger partial charge in [0, 0.05) is 16.7 Å². The molecule has 0 N–H and O–H groups in total. The Labute approximate surface area is 160 Å². The molecule has 0 heterocycles. The van der Waals surface area contributed by atoms with E-state index in [2.05, 4.69) is 30.9 Å². The van der Waals surface area contributed by atoms with Crippen molar-refractivity contribution in [2.24, 2.45) is 0 Å². The van der Waals surface area contributed by atoms with Crippen molar-refractivity contribution in [3.63, 3.8) is 0 Å². The van der Waals surface area contributed by atoms with Crippen LogP contribution in [0, 0.1) is 17.7 Å². The Kier molecular flexibility index (Phi) is 6.28. The van der Waals surface area contributed by atoms with Gasteiger partial charge in [-0.2, -0.15) is 0 Å². The van der Waals surface area contributed by atoms with E-state index in [0.29, 0.717) is 17.7 Å². The first-order valence-corrected chi connectivity index (χ1v) is 9.33. The summed E-state index contributed by atoms with van der Waals surface area (Å²) in [6, 6.07) is 20.8. The van der Waals surface area contributed by atoms with Crippen molar-refractivity contribution in [1.82, 2.24) is 0 Å². The largest absolute Gasteiger partial charge is 0.494 e. The van der Waals surface area contributed by atoms with E-state index in [1.165, 1.54) is 11.6 Å². The molecule has 2 heteroatoms. The third-order valence-corrected chi connectivity index (χ3v) is 4.29. The lowest BCUT2D eigenvalue weighted by molar-refractivity contribution is 0.340. The molecule has 3 rings (SSSR count). The third kappa shape index (κ3) is 4.99. The fourth-order valence-corrected chi connectivity index (χ4v) is 2.91. The molecule has 27 heavy (non-hydrogen) atoms. The zero-order chi connectivity index (χ0) is 19.1. The van der Waals surface area contributed by atoms with E-state index in [9.17, 15) is 4.39 Å². The minimum absolute atomic E-state index is 0.253. The van der Waals surface area contributed by atoms with Crippen LogP contribution >= 0.6 is 0 Å². The van der Waals surface area contributed by atoms with Crippen LogP contribution in [-0.2, 0) is 6.42 Å². The number of aryl methyl sites for hydroxylation is 1. The van der Waals surface area contributed by atoms with Gasteiger partial charge in [-0.05, 0) is 60.9 Å². The molecule has 0 aromatic heterocycles. The lowest BCUT2D eigenvalue weighted by Gasteiger charge is -2.06. The molecule has 0 spiro atoms. The van der Waals surface area contributed by atoms with Gasteiger partial charge in [-0.1, -0.05) is 55.5 Å². The van der Waals surface area contributed by atoms with Crippen LogP contribution in [0.2, 0.25) is 0 Å². The van der Waals surface area contributed by atoms with E-state index in [1.807, 2.05) is 49.4 Å². The van der Waals surface area contributed by atoms with Crippen LogP contribution < -0.4 is 4.74 Å². The van der Waals surface area contributed by atoms with Crippen LogP contribution in [0.15, 0.2) is 66.7 Å². The molecule has 0 fully saturated rings. The third-order valence-electron chi connectivity index (χ3n) is 4.29. The second kappa shape index (κ2) is 9.05. The Morgan fingerprint density at radius 3 is 2.11 bits per heavy atom. The van der Waals surface area contributed by atoms with Crippen molar-refractivity contribution in [2.45, 2.75) is 26.7 Å². The number of hydrogen-bond donors (Lipinski definition) is 0. The van der Waals surface area contributed by atoms with E-state index in [1.54, 1.807) is 6.07 Å². The SMILES string of the molecule is CCCc1ccc(-c2ccc(C#Cc3ccc(OCC)cc3)cc2F)cc1. The minimum Gasteiger partial charge on any atom is -0.494 e. The average Bonchev–Trinajstić information content (AvgIpc) is 2.69. The first-order valence-electron chi connectivity index (χ1n) is 9.33. The molecule has 136 valence electrons. The topological polar surface area (TPSA) is 9.23 Å². The maximum Gasteiger partial charge on any atom is 0.132 e. The molecule has 0 saturated carbocycles. The molecule has 0 radical (unpaired) electrons. The maximum atomic E-state index is 14.6. The first kappa shape index (κ1) is 18.7. The number of halogens is 1. The van der Waals surface area contributed by atoms with E-state index in [0.717, 1.165) is 29.7 Å². The molecular formula is C25H23FO. The van der Waals surface area contributed by atoms with Crippen LogP contribution in [0.25, 0.3) is 11.1 Å². The van der Waals surface area contributed by atoms with Gasteiger partial charge in [-0.25, -0.2) is 4.39 Å². The summed E-state index contributed by atoms with van der Waals surface area (Å²) in [5.41, 5.74) is 4.30. The van der Waals surface area contributed by atoms with Crippen molar-refractivity contribution in [2.75, 3.05) is 6.61 Å².